The van der Waals surface area contributed by atoms with Crippen LogP contribution in [0.25, 0.3) is 11.1 Å². The number of fused-ring (bicyclic) bond motifs is 3. The van der Waals surface area contributed by atoms with E-state index in [1.165, 1.54) is 24.3 Å². The van der Waals surface area contributed by atoms with Gasteiger partial charge in [0.1, 0.15) is 6.54 Å². The third-order valence-corrected chi connectivity index (χ3v) is 7.02. The van der Waals surface area contributed by atoms with Crippen molar-refractivity contribution >= 4 is 44.6 Å². The van der Waals surface area contributed by atoms with E-state index in [-0.39, 0.29) is 16.3 Å². The molecule has 0 saturated heterocycles. The smallest absolute Gasteiger partial charge is 0.271 e. The van der Waals surface area contributed by atoms with Crippen LogP contribution in [-0.2, 0) is 14.8 Å². The number of nitrogens with one attached hydrogen (secondary N) is 1. The van der Waals surface area contributed by atoms with Crippen molar-refractivity contribution in [3.8, 4) is 11.1 Å². The molecule has 0 spiro atoms. The van der Waals surface area contributed by atoms with Crippen molar-refractivity contribution in [2.24, 2.45) is 0 Å². The number of rotatable bonds is 4. The largest absolute Gasteiger partial charge is 0.324 e. The van der Waals surface area contributed by atoms with Crippen molar-refractivity contribution in [1.29, 1.82) is 0 Å². The number of nitro benzene ring substituents is 1. The zero-order valence-electron chi connectivity index (χ0n) is 16.2. The molecule has 10 heteroatoms. The fraction of sp³-hybridized carbons (Fsp3) is 0.0952. The number of sulfonamides is 1. The van der Waals surface area contributed by atoms with Crippen LogP contribution in [0, 0.1) is 17.0 Å². The first-order chi connectivity index (χ1) is 14.7. The van der Waals surface area contributed by atoms with Gasteiger partial charge in [-0.2, -0.15) is 0 Å². The van der Waals surface area contributed by atoms with Gasteiger partial charge in [0.05, 0.1) is 21.2 Å². The van der Waals surface area contributed by atoms with Crippen molar-refractivity contribution in [1.82, 2.24) is 0 Å². The molecule has 8 nitrogen and oxygen atoms in total. The van der Waals surface area contributed by atoms with Gasteiger partial charge in [-0.3, -0.25) is 19.2 Å². The lowest BCUT2D eigenvalue weighted by molar-refractivity contribution is -0.384. The van der Waals surface area contributed by atoms with Crippen LogP contribution in [0.2, 0.25) is 5.02 Å². The van der Waals surface area contributed by atoms with E-state index in [0.717, 1.165) is 4.31 Å². The number of nitro groups is 1. The van der Waals surface area contributed by atoms with E-state index in [1.807, 2.05) is 0 Å². The molecule has 0 radical (unpaired) electrons. The van der Waals surface area contributed by atoms with Gasteiger partial charge in [0.2, 0.25) is 5.91 Å². The fourth-order valence-electron chi connectivity index (χ4n) is 3.45. The van der Waals surface area contributed by atoms with Crippen LogP contribution in [0.3, 0.4) is 0 Å². The van der Waals surface area contributed by atoms with Gasteiger partial charge >= 0.3 is 0 Å². The second-order valence-corrected chi connectivity index (χ2v) is 9.24. The zero-order valence-corrected chi connectivity index (χ0v) is 17.8. The number of halogens is 1. The van der Waals surface area contributed by atoms with Crippen molar-refractivity contribution in [3.63, 3.8) is 0 Å². The molecule has 0 bridgehead atoms. The van der Waals surface area contributed by atoms with Crippen LogP contribution in [0.4, 0.5) is 17.1 Å². The molecule has 3 aromatic rings. The Bertz CT molecular complexity index is 1340. The van der Waals surface area contributed by atoms with Crippen molar-refractivity contribution in [3.05, 3.63) is 81.4 Å². The molecule has 0 unspecified atom stereocenters. The van der Waals surface area contributed by atoms with E-state index in [1.54, 1.807) is 43.3 Å². The zero-order chi connectivity index (χ0) is 22.3. The third kappa shape index (κ3) is 3.73. The Balaban J connectivity index is 1.71. The highest BCUT2D eigenvalue weighted by Crippen LogP contribution is 2.43. The lowest BCUT2D eigenvalue weighted by atomic mass is 10.0. The second-order valence-electron chi connectivity index (χ2n) is 6.97. The Morgan fingerprint density at radius 3 is 2.58 bits per heavy atom. The number of nitrogens with zero attached hydrogens (tertiary/aromatic N) is 2. The van der Waals surface area contributed by atoms with E-state index in [0.29, 0.717) is 27.4 Å². The number of hydrogen-bond acceptors (Lipinski definition) is 5. The summed E-state index contributed by atoms with van der Waals surface area (Å²) in [6.45, 7) is 1.18. The molecule has 1 aliphatic rings. The van der Waals surface area contributed by atoms with Crippen LogP contribution in [0.15, 0.2) is 65.6 Å². The molecule has 0 aromatic heterocycles. The monoisotopic (exact) mass is 457 g/mol. The van der Waals surface area contributed by atoms with Crippen LogP contribution >= 0.6 is 11.6 Å². The van der Waals surface area contributed by atoms with Gasteiger partial charge in [-0.15, -0.1) is 0 Å². The number of amides is 1. The molecule has 1 amide bonds. The van der Waals surface area contributed by atoms with Crippen LogP contribution in [0.5, 0.6) is 0 Å². The summed E-state index contributed by atoms with van der Waals surface area (Å²) in [5.74, 6) is -0.632. The van der Waals surface area contributed by atoms with Crippen LogP contribution in [-0.4, -0.2) is 25.8 Å². The third-order valence-electron chi connectivity index (χ3n) is 4.97. The first-order valence-corrected chi connectivity index (χ1v) is 11.0. The fourth-order valence-corrected chi connectivity index (χ4v) is 5.27. The number of benzene rings is 3. The number of carbonyl (C=O) groups excluding carboxylic acids is 1. The van der Waals surface area contributed by atoms with E-state index < -0.39 is 27.4 Å². The Hall–Kier alpha value is -3.43. The van der Waals surface area contributed by atoms with E-state index in [2.05, 4.69) is 5.32 Å². The molecule has 0 saturated carbocycles. The van der Waals surface area contributed by atoms with Gasteiger partial charge in [0.15, 0.2) is 0 Å². The Morgan fingerprint density at radius 1 is 1.10 bits per heavy atom. The van der Waals surface area contributed by atoms with Gasteiger partial charge in [0.25, 0.3) is 15.7 Å². The lowest BCUT2D eigenvalue weighted by Gasteiger charge is -2.31. The molecule has 31 heavy (non-hydrogen) atoms. The quantitative estimate of drug-likeness (QED) is 0.462. The predicted octanol–water partition coefficient (Wildman–Crippen LogP) is 4.37. The SMILES string of the molecule is Cc1ccc([N+](=O)[O-])cc1NC(=O)CN1c2ccc(Cl)cc2-c2ccccc2S1(=O)=O. The summed E-state index contributed by atoms with van der Waals surface area (Å²) in [5.41, 5.74) is 2.10. The minimum atomic E-state index is -4.01. The molecule has 1 N–H and O–H groups in total. The average Bonchev–Trinajstić information content (AvgIpc) is 2.73. The summed E-state index contributed by atoms with van der Waals surface area (Å²) in [5, 5.41) is 14.0. The van der Waals surface area contributed by atoms with Gasteiger partial charge in [0, 0.05) is 28.3 Å². The molecule has 0 atom stereocenters. The summed E-state index contributed by atoms with van der Waals surface area (Å²) >= 11 is 6.13. The van der Waals surface area contributed by atoms with E-state index in [4.69, 9.17) is 11.6 Å². The minimum absolute atomic E-state index is 0.0732. The topological polar surface area (TPSA) is 110 Å². The maximum Gasteiger partial charge on any atom is 0.271 e. The van der Waals surface area contributed by atoms with Gasteiger partial charge in [-0.25, -0.2) is 8.42 Å². The molecular formula is C21H16ClN3O5S. The highest BCUT2D eigenvalue weighted by Gasteiger charge is 2.36. The number of carbonyl (C=O) groups is 1. The maximum absolute atomic E-state index is 13.3. The molecule has 0 fully saturated rings. The highest BCUT2D eigenvalue weighted by molar-refractivity contribution is 7.93. The summed E-state index contributed by atoms with van der Waals surface area (Å²) < 4.78 is 27.6. The molecule has 0 aliphatic carbocycles. The van der Waals surface area contributed by atoms with Gasteiger partial charge < -0.3 is 5.32 Å². The summed E-state index contributed by atoms with van der Waals surface area (Å²) in [6.07, 6.45) is 0. The van der Waals surface area contributed by atoms with Crippen LogP contribution in [0.1, 0.15) is 5.56 Å². The number of anilines is 2. The Labute approximate surface area is 183 Å². The maximum atomic E-state index is 13.3. The first-order valence-electron chi connectivity index (χ1n) is 9.15. The summed E-state index contributed by atoms with van der Waals surface area (Å²) in [4.78, 5) is 23.3. The van der Waals surface area contributed by atoms with Gasteiger partial charge in [-0.05, 0) is 36.8 Å². The van der Waals surface area contributed by atoms with Crippen molar-refractivity contribution < 1.29 is 18.1 Å². The molecule has 4 rings (SSSR count). The standard InChI is InChI=1S/C21H16ClN3O5S/c1-13-6-8-15(25(27)28)11-18(13)23-21(26)12-24-19-9-7-14(22)10-17(19)16-4-2-3-5-20(16)31(24,29)30/h2-11H,12H2,1H3,(H,23,26). The summed E-state index contributed by atoms with van der Waals surface area (Å²) in [7, 11) is -4.01. The predicted molar refractivity (Wildman–Crippen MR) is 118 cm³/mol. The normalized spacial score (nSPS) is 13.8. The number of non-ortho nitro benzene ring substituents is 1. The summed E-state index contributed by atoms with van der Waals surface area (Å²) in [6, 6.07) is 15.3. The molecule has 158 valence electrons. The second kappa shape index (κ2) is 7.68. The van der Waals surface area contributed by atoms with E-state index >= 15 is 0 Å². The van der Waals surface area contributed by atoms with Gasteiger partial charge in [-0.1, -0.05) is 35.9 Å². The van der Waals surface area contributed by atoms with Crippen molar-refractivity contribution in [2.45, 2.75) is 11.8 Å². The molecule has 3 aromatic carbocycles. The Morgan fingerprint density at radius 2 is 1.84 bits per heavy atom. The Kier molecular flexibility index (Phi) is 5.16. The molecule has 1 heterocycles. The first kappa shape index (κ1) is 20.8. The number of aryl methyl sites for hydroxylation is 1. The van der Waals surface area contributed by atoms with E-state index in [9.17, 15) is 23.3 Å². The molecular weight excluding hydrogens is 442 g/mol. The minimum Gasteiger partial charge on any atom is -0.324 e. The highest BCUT2D eigenvalue weighted by atomic mass is 35.5. The van der Waals surface area contributed by atoms with Crippen molar-refractivity contribution in [2.75, 3.05) is 16.2 Å². The number of hydrogen-bond donors (Lipinski definition) is 1. The average molecular weight is 458 g/mol. The molecule has 1 aliphatic heterocycles. The van der Waals surface area contributed by atoms with Crippen LogP contribution < -0.4 is 9.62 Å². The lowest BCUT2D eigenvalue weighted by Crippen LogP contribution is -2.40.